The number of aromatic nitrogens is 4. The summed E-state index contributed by atoms with van der Waals surface area (Å²) in [5.74, 6) is -3.28. The molecule has 3 heterocycles. The first-order valence-electron chi connectivity index (χ1n) is 9.17. The van der Waals surface area contributed by atoms with Gasteiger partial charge in [-0.25, -0.2) is 37.2 Å². The second kappa shape index (κ2) is 8.20. The Morgan fingerprint density at radius 2 is 2.03 bits per heavy atom. The maximum absolute atomic E-state index is 14.2. The summed E-state index contributed by atoms with van der Waals surface area (Å²) in [6, 6.07) is 1.98. The van der Waals surface area contributed by atoms with Crippen LogP contribution in [0, 0.1) is 17.5 Å². The number of hydrogen-bond donors (Lipinski definition) is 1. The van der Waals surface area contributed by atoms with Crippen LogP contribution in [0.4, 0.5) is 34.1 Å². The molecule has 1 saturated heterocycles. The van der Waals surface area contributed by atoms with Crippen LogP contribution in [-0.4, -0.2) is 44.9 Å². The van der Waals surface area contributed by atoms with Crippen molar-refractivity contribution in [2.75, 3.05) is 23.5 Å². The van der Waals surface area contributed by atoms with Crippen molar-refractivity contribution in [3.8, 4) is 5.69 Å². The van der Waals surface area contributed by atoms with Crippen molar-refractivity contribution in [1.82, 2.24) is 19.5 Å². The maximum Gasteiger partial charge on any atom is 0.416 e. The van der Waals surface area contributed by atoms with Crippen LogP contribution < -0.4 is 10.2 Å². The van der Waals surface area contributed by atoms with Gasteiger partial charge in [0.05, 0.1) is 24.3 Å². The number of halogens is 4. The SMILES string of the molecule is C[C@H](Nc1ncc(F)c(N2C(=O)OC[C@@H]2CF)n1)c1cn(-c2ccc(F)c(F)c2)cn1. The quantitative estimate of drug-likeness (QED) is 0.595. The fourth-order valence-corrected chi connectivity index (χ4v) is 3.05. The van der Waals surface area contributed by atoms with Crippen molar-refractivity contribution >= 4 is 17.9 Å². The van der Waals surface area contributed by atoms with Crippen LogP contribution >= 0.6 is 0 Å². The van der Waals surface area contributed by atoms with Gasteiger partial charge in [0, 0.05) is 18.0 Å². The molecule has 1 aliphatic rings. The number of carbonyl (C=O) groups excluding carboxylic acids is 1. The molecule has 1 N–H and O–H groups in total. The lowest BCUT2D eigenvalue weighted by Gasteiger charge is -2.19. The molecule has 8 nitrogen and oxygen atoms in total. The molecule has 0 spiro atoms. The summed E-state index contributed by atoms with van der Waals surface area (Å²) in [7, 11) is 0. The average Bonchev–Trinajstić information content (AvgIpc) is 3.38. The second-order valence-electron chi connectivity index (χ2n) is 6.79. The van der Waals surface area contributed by atoms with Crippen molar-refractivity contribution < 1.29 is 27.1 Å². The van der Waals surface area contributed by atoms with Crippen molar-refractivity contribution in [2.24, 2.45) is 0 Å². The third-order valence-electron chi connectivity index (χ3n) is 4.69. The molecule has 2 atom stereocenters. The zero-order chi connectivity index (χ0) is 22.1. The van der Waals surface area contributed by atoms with E-state index in [0.717, 1.165) is 23.2 Å². The third kappa shape index (κ3) is 4.00. The number of benzene rings is 1. The molecular formula is C19H16F4N6O2. The van der Waals surface area contributed by atoms with Crippen LogP contribution in [0.3, 0.4) is 0 Å². The molecule has 0 unspecified atom stereocenters. The molecule has 0 bridgehead atoms. The molecule has 0 radical (unpaired) electrons. The third-order valence-corrected chi connectivity index (χ3v) is 4.69. The lowest BCUT2D eigenvalue weighted by molar-refractivity contribution is 0.177. The molecule has 2 aromatic heterocycles. The molecule has 1 aliphatic heterocycles. The van der Waals surface area contributed by atoms with Gasteiger partial charge in [0.15, 0.2) is 23.3 Å². The molecule has 4 rings (SSSR count). The molecule has 3 aromatic rings. The standard InChI is InChI=1S/C19H16F4N6O2/c1-10(16-7-28(9-25-16)11-2-3-13(21)14(22)4-11)26-18-24-6-15(23)17(27-18)29-12(5-20)8-31-19(29)30/h2-4,6-7,9-10,12H,5,8H2,1H3,(H,24,26,27)/t10-,12-/m0/s1. The van der Waals surface area contributed by atoms with E-state index in [1.165, 1.54) is 17.0 Å². The second-order valence-corrected chi connectivity index (χ2v) is 6.79. The van der Waals surface area contributed by atoms with Crippen LogP contribution in [0.25, 0.3) is 5.69 Å². The summed E-state index contributed by atoms with van der Waals surface area (Å²) >= 11 is 0. The molecule has 1 aromatic carbocycles. The summed E-state index contributed by atoms with van der Waals surface area (Å²) in [4.78, 5) is 24.7. The fraction of sp³-hybridized carbons (Fsp3) is 0.263. The number of alkyl halides is 1. The number of nitrogens with one attached hydrogen (secondary N) is 1. The zero-order valence-electron chi connectivity index (χ0n) is 16.1. The van der Waals surface area contributed by atoms with Gasteiger partial charge in [-0.1, -0.05) is 0 Å². The number of amides is 1. The number of nitrogens with zero attached hydrogens (tertiary/aromatic N) is 5. The first kappa shape index (κ1) is 20.6. The van der Waals surface area contributed by atoms with Gasteiger partial charge < -0.3 is 14.6 Å². The van der Waals surface area contributed by atoms with E-state index in [0.29, 0.717) is 11.4 Å². The highest BCUT2D eigenvalue weighted by molar-refractivity contribution is 5.89. The van der Waals surface area contributed by atoms with Crippen molar-refractivity contribution in [3.05, 3.63) is 60.1 Å². The lowest BCUT2D eigenvalue weighted by atomic mass is 10.2. The minimum atomic E-state index is -0.988. The molecule has 0 saturated carbocycles. The van der Waals surface area contributed by atoms with E-state index in [-0.39, 0.29) is 12.6 Å². The number of cyclic esters (lactones) is 1. The number of ether oxygens (including phenoxy) is 1. The smallest absolute Gasteiger partial charge is 0.416 e. The predicted octanol–water partition coefficient (Wildman–Crippen LogP) is 3.55. The summed E-state index contributed by atoms with van der Waals surface area (Å²) < 4.78 is 60.2. The molecule has 31 heavy (non-hydrogen) atoms. The highest BCUT2D eigenvalue weighted by atomic mass is 19.2. The molecule has 1 amide bonds. The average molecular weight is 436 g/mol. The Morgan fingerprint density at radius 3 is 2.77 bits per heavy atom. The van der Waals surface area contributed by atoms with Gasteiger partial charge >= 0.3 is 6.09 Å². The highest BCUT2D eigenvalue weighted by Gasteiger charge is 2.37. The van der Waals surface area contributed by atoms with E-state index in [4.69, 9.17) is 4.74 Å². The van der Waals surface area contributed by atoms with Gasteiger partial charge in [-0.05, 0) is 19.1 Å². The first-order valence-corrected chi connectivity index (χ1v) is 9.17. The summed E-state index contributed by atoms with van der Waals surface area (Å²) in [6.07, 6.45) is 2.97. The Labute approximate surface area is 173 Å². The van der Waals surface area contributed by atoms with E-state index in [1.54, 1.807) is 13.1 Å². The molecule has 0 aliphatic carbocycles. The summed E-state index contributed by atoms with van der Waals surface area (Å²) in [5.41, 5.74) is 0.872. The van der Waals surface area contributed by atoms with Crippen molar-refractivity contribution in [2.45, 2.75) is 19.0 Å². The minimum Gasteiger partial charge on any atom is -0.447 e. The van der Waals surface area contributed by atoms with E-state index >= 15 is 0 Å². The number of hydrogen-bond acceptors (Lipinski definition) is 6. The van der Waals surface area contributed by atoms with Gasteiger partial charge in [-0.15, -0.1) is 0 Å². The Bertz CT molecular complexity index is 1120. The largest absolute Gasteiger partial charge is 0.447 e. The van der Waals surface area contributed by atoms with Crippen molar-refractivity contribution in [3.63, 3.8) is 0 Å². The number of imidazole rings is 1. The van der Waals surface area contributed by atoms with Gasteiger partial charge in [0.1, 0.15) is 19.3 Å². The molecule has 1 fully saturated rings. The van der Waals surface area contributed by atoms with Crippen molar-refractivity contribution in [1.29, 1.82) is 0 Å². The minimum absolute atomic E-state index is 0.0245. The van der Waals surface area contributed by atoms with E-state index in [1.807, 2.05) is 0 Å². The van der Waals surface area contributed by atoms with Crippen LogP contribution in [0.15, 0.2) is 36.9 Å². The van der Waals surface area contributed by atoms with Crippen LogP contribution in [0.1, 0.15) is 18.7 Å². The van der Waals surface area contributed by atoms with E-state index in [2.05, 4.69) is 20.3 Å². The molecular weight excluding hydrogens is 420 g/mol. The number of carbonyl (C=O) groups is 1. The summed E-state index contributed by atoms with van der Waals surface area (Å²) in [6.45, 7) is 0.591. The number of anilines is 2. The van der Waals surface area contributed by atoms with E-state index < -0.39 is 48.1 Å². The maximum atomic E-state index is 14.2. The molecule has 162 valence electrons. The monoisotopic (exact) mass is 436 g/mol. The van der Waals surface area contributed by atoms with Gasteiger partial charge in [-0.2, -0.15) is 4.98 Å². The van der Waals surface area contributed by atoms with E-state index in [9.17, 15) is 22.4 Å². The Hall–Kier alpha value is -3.70. The predicted molar refractivity (Wildman–Crippen MR) is 101 cm³/mol. The lowest BCUT2D eigenvalue weighted by Crippen LogP contribution is -2.36. The normalized spacial score (nSPS) is 17.0. The Morgan fingerprint density at radius 1 is 1.23 bits per heavy atom. The van der Waals surface area contributed by atoms with Crippen LogP contribution in [0.5, 0.6) is 0 Å². The highest BCUT2D eigenvalue weighted by Crippen LogP contribution is 2.26. The Kier molecular flexibility index (Phi) is 5.44. The van der Waals surface area contributed by atoms with Gasteiger partial charge in [-0.3, -0.25) is 0 Å². The van der Waals surface area contributed by atoms with Crippen LogP contribution in [0.2, 0.25) is 0 Å². The van der Waals surface area contributed by atoms with Gasteiger partial charge in [0.2, 0.25) is 5.95 Å². The van der Waals surface area contributed by atoms with Gasteiger partial charge in [0.25, 0.3) is 0 Å². The fourth-order valence-electron chi connectivity index (χ4n) is 3.05. The van der Waals surface area contributed by atoms with Crippen LogP contribution in [-0.2, 0) is 4.74 Å². The zero-order valence-corrected chi connectivity index (χ0v) is 16.1. The summed E-state index contributed by atoms with van der Waals surface area (Å²) in [5, 5.41) is 2.91. The topological polar surface area (TPSA) is 85.2 Å². The first-order chi connectivity index (χ1) is 14.9. The number of rotatable bonds is 6. The molecule has 12 heteroatoms. The Balaban J connectivity index is 1.54.